The first kappa shape index (κ1) is 13.1. The number of carbonyl (C=O) groups is 1. The Morgan fingerprint density at radius 3 is 3.10 bits per heavy atom. The molecule has 1 aliphatic rings. The largest absolute Gasteiger partial charge is 0.481 e. The molecule has 2 aromatic rings. The van der Waals surface area contributed by atoms with Gasteiger partial charge in [0.2, 0.25) is 0 Å². The summed E-state index contributed by atoms with van der Waals surface area (Å²) in [4.78, 5) is 11.8. The number of nitrogens with zero attached hydrogens (tertiary/aromatic N) is 4. The highest BCUT2D eigenvalue weighted by Gasteiger charge is 2.27. The van der Waals surface area contributed by atoms with Crippen LogP contribution in [-0.4, -0.2) is 31.3 Å². The Morgan fingerprint density at radius 2 is 2.30 bits per heavy atom. The summed E-state index contributed by atoms with van der Waals surface area (Å²) in [6, 6.07) is 8.31. The molecule has 0 fully saturated rings. The number of carboxylic acids is 1. The average molecular weight is 290 g/mol. The summed E-state index contributed by atoms with van der Waals surface area (Å²) in [5.41, 5.74) is 1.32. The number of hydrogen-bond acceptors (Lipinski definition) is 5. The molecule has 6 nitrogen and oxygen atoms in total. The van der Waals surface area contributed by atoms with Crippen LogP contribution in [0.2, 0.25) is 0 Å². The molecule has 1 unspecified atom stereocenters. The Balaban J connectivity index is 1.70. The van der Waals surface area contributed by atoms with Crippen LogP contribution < -0.4 is 0 Å². The highest BCUT2D eigenvalue weighted by atomic mass is 32.2. The molecule has 0 radical (unpaired) electrons. The van der Waals surface area contributed by atoms with Gasteiger partial charge in [-0.2, -0.15) is 0 Å². The second-order valence-electron chi connectivity index (χ2n) is 4.68. The van der Waals surface area contributed by atoms with Crippen LogP contribution in [0.1, 0.15) is 29.5 Å². The van der Waals surface area contributed by atoms with Gasteiger partial charge in [0.05, 0.1) is 5.25 Å². The summed E-state index contributed by atoms with van der Waals surface area (Å²) in [5.74, 6) is 0.0406. The molecule has 7 heteroatoms. The summed E-state index contributed by atoms with van der Waals surface area (Å²) in [6.45, 7) is 0.544. The first-order valence-electron chi connectivity index (χ1n) is 6.46. The van der Waals surface area contributed by atoms with Gasteiger partial charge in [-0.1, -0.05) is 18.2 Å². The topological polar surface area (TPSA) is 80.9 Å². The fourth-order valence-electron chi connectivity index (χ4n) is 2.31. The number of hydrogen-bond donors (Lipinski definition) is 1. The van der Waals surface area contributed by atoms with Gasteiger partial charge in [0, 0.05) is 17.9 Å². The van der Waals surface area contributed by atoms with Gasteiger partial charge in [-0.25, -0.2) is 4.68 Å². The Kier molecular flexibility index (Phi) is 3.68. The lowest BCUT2D eigenvalue weighted by molar-refractivity contribution is -0.137. The third kappa shape index (κ3) is 2.67. The molecular formula is C13H14N4O2S. The molecule has 0 amide bonds. The zero-order chi connectivity index (χ0) is 13.9. The quantitative estimate of drug-likeness (QED) is 0.906. The number of carboxylic acid groups (broad SMARTS) is 1. The molecule has 0 bridgehead atoms. The van der Waals surface area contributed by atoms with Crippen molar-refractivity contribution in [2.45, 2.75) is 36.0 Å². The van der Waals surface area contributed by atoms with Gasteiger partial charge in [-0.15, -0.1) is 16.9 Å². The van der Waals surface area contributed by atoms with Crippen molar-refractivity contribution in [3.05, 3.63) is 35.7 Å². The Morgan fingerprint density at radius 1 is 1.45 bits per heavy atom. The minimum Gasteiger partial charge on any atom is -0.481 e. The third-order valence-corrected chi connectivity index (χ3v) is 4.57. The maximum absolute atomic E-state index is 10.6. The van der Waals surface area contributed by atoms with E-state index in [1.165, 1.54) is 10.5 Å². The molecule has 1 N–H and O–H groups in total. The van der Waals surface area contributed by atoms with Gasteiger partial charge >= 0.3 is 5.97 Å². The number of aromatic nitrogens is 4. The number of aliphatic carboxylic acids is 1. The van der Waals surface area contributed by atoms with E-state index in [-0.39, 0.29) is 11.7 Å². The van der Waals surface area contributed by atoms with Crippen molar-refractivity contribution < 1.29 is 9.90 Å². The summed E-state index contributed by atoms with van der Waals surface area (Å²) in [6.07, 6.45) is 1.59. The van der Waals surface area contributed by atoms with Gasteiger partial charge in [0.25, 0.3) is 0 Å². The lowest BCUT2D eigenvalue weighted by Crippen LogP contribution is -2.10. The first-order chi connectivity index (χ1) is 9.74. The third-order valence-electron chi connectivity index (χ3n) is 3.26. The van der Waals surface area contributed by atoms with Crippen LogP contribution in [-0.2, 0) is 17.8 Å². The molecule has 2 heterocycles. The van der Waals surface area contributed by atoms with Crippen molar-refractivity contribution in [2.75, 3.05) is 0 Å². The minimum atomic E-state index is -0.790. The predicted octanol–water partition coefficient (Wildman–Crippen LogP) is 1.93. The van der Waals surface area contributed by atoms with Crippen LogP contribution in [0.25, 0.3) is 0 Å². The van der Waals surface area contributed by atoms with Crippen LogP contribution in [0.5, 0.6) is 0 Å². The summed E-state index contributed by atoms with van der Waals surface area (Å²) in [7, 11) is 0. The molecule has 1 atom stereocenters. The maximum atomic E-state index is 10.6. The predicted molar refractivity (Wildman–Crippen MR) is 73.4 cm³/mol. The molecule has 0 saturated heterocycles. The molecule has 3 rings (SSSR count). The first-order valence-corrected chi connectivity index (χ1v) is 7.34. The Hall–Kier alpha value is -1.89. The van der Waals surface area contributed by atoms with Crippen molar-refractivity contribution in [2.24, 2.45) is 0 Å². The fraction of sp³-hybridized carbons (Fsp3) is 0.385. The zero-order valence-corrected chi connectivity index (χ0v) is 11.6. The molecule has 1 aromatic heterocycles. The lowest BCUT2D eigenvalue weighted by Gasteiger charge is -2.08. The van der Waals surface area contributed by atoms with Crippen LogP contribution in [0, 0.1) is 0 Å². The Labute approximate surface area is 120 Å². The zero-order valence-electron chi connectivity index (χ0n) is 10.8. The standard InChI is InChI=1S/C13H14N4O2S/c18-12(19)6-3-7-17-13(14-15-16-17)11-8-9-4-1-2-5-10(9)20-11/h1-2,4-5,11H,3,6-8H2,(H,18,19). The highest BCUT2D eigenvalue weighted by molar-refractivity contribution is 7.99. The van der Waals surface area contributed by atoms with Crippen LogP contribution >= 0.6 is 11.8 Å². The molecule has 1 aromatic carbocycles. The number of fused-ring (bicyclic) bond motifs is 1. The monoisotopic (exact) mass is 290 g/mol. The average Bonchev–Trinajstić information content (AvgIpc) is 3.03. The molecule has 104 valence electrons. The number of aryl methyl sites for hydroxylation is 1. The number of thioether (sulfide) groups is 1. The van der Waals surface area contributed by atoms with Gasteiger partial charge in [0.1, 0.15) is 0 Å². The van der Waals surface area contributed by atoms with E-state index in [1.807, 2.05) is 12.1 Å². The molecule has 0 saturated carbocycles. The SMILES string of the molecule is O=C(O)CCCn1nnnc1C1Cc2ccccc2S1. The van der Waals surface area contributed by atoms with E-state index in [4.69, 9.17) is 5.11 Å². The second-order valence-corrected chi connectivity index (χ2v) is 5.92. The summed E-state index contributed by atoms with van der Waals surface area (Å²) in [5, 5.41) is 20.7. The van der Waals surface area contributed by atoms with E-state index in [2.05, 4.69) is 27.7 Å². The molecular weight excluding hydrogens is 276 g/mol. The number of tetrazole rings is 1. The molecule has 20 heavy (non-hydrogen) atoms. The van der Waals surface area contributed by atoms with Gasteiger partial charge < -0.3 is 5.11 Å². The van der Waals surface area contributed by atoms with E-state index in [0.717, 1.165) is 12.2 Å². The molecule has 0 aliphatic carbocycles. The van der Waals surface area contributed by atoms with Crippen molar-refractivity contribution >= 4 is 17.7 Å². The normalized spacial score (nSPS) is 17.1. The van der Waals surface area contributed by atoms with Crippen molar-refractivity contribution in [3.63, 3.8) is 0 Å². The van der Waals surface area contributed by atoms with Crippen molar-refractivity contribution in [3.8, 4) is 0 Å². The van der Waals surface area contributed by atoms with Gasteiger partial charge in [-0.3, -0.25) is 4.79 Å². The fourth-order valence-corrected chi connectivity index (χ4v) is 3.61. The van der Waals surface area contributed by atoms with Crippen molar-refractivity contribution in [1.82, 2.24) is 20.2 Å². The summed E-state index contributed by atoms with van der Waals surface area (Å²) < 4.78 is 1.73. The summed E-state index contributed by atoms with van der Waals surface area (Å²) >= 11 is 1.77. The Bertz CT molecular complexity index is 603. The van der Waals surface area contributed by atoms with Gasteiger partial charge in [-0.05, 0) is 34.9 Å². The second kappa shape index (κ2) is 5.62. The molecule has 0 spiro atoms. The van der Waals surface area contributed by atoms with Crippen LogP contribution in [0.3, 0.4) is 0 Å². The van der Waals surface area contributed by atoms with E-state index in [0.29, 0.717) is 13.0 Å². The van der Waals surface area contributed by atoms with E-state index in [9.17, 15) is 4.79 Å². The minimum absolute atomic E-state index is 0.136. The van der Waals surface area contributed by atoms with E-state index in [1.54, 1.807) is 16.4 Å². The van der Waals surface area contributed by atoms with Crippen LogP contribution in [0.15, 0.2) is 29.2 Å². The van der Waals surface area contributed by atoms with Gasteiger partial charge in [0.15, 0.2) is 5.82 Å². The maximum Gasteiger partial charge on any atom is 0.303 e. The number of benzene rings is 1. The smallest absolute Gasteiger partial charge is 0.303 e. The van der Waals surface area contributed by atoms with Crippen LogP contribution in [0.4, 0.5) is 0 Å². The molecule has 1 aliphatic heterocycles. The highest BCUT2D eigenvalue weighted by Crippen LogP contribution is 2.45. The van der Waals surface area contributed by atoms with E-state index >= 15 is 0 Å². The van der Waals surface area contributed by atoms with Crippen molar-refractivity contribution in [1.29, 1.82) is 0 Å². The number of rotatable bonds is 5. The lowest BCUT2D eigenvalue weighted by atomic mass is 10.1. The van der Waals surface area contributed by atoms with E-state index < -0.39 is 5.97 Å².